The van der Waals surface area contributed by atoms with Crippen LogP contribution < -0.4 is 10.1 Å². The highest BCUT2D eigenvalue weighted by atomic mass is 16.5. The maximum Gasteiger partial charge on any atom is 0.224 e. The molecule has 0 fully saturated rings. The first-order valence-corrected chi connectivity index (χ1v) is 6.94. The molecule has 0 saturated heterocycles. The molecule has 0 aliphatic rings. The van der Waals surface area contributed by atoms with Crippen LogP contribution in [0, 0.1) is 0 Å². The van der Waals surface area contributed by atoms with Crippen LogP contribution in [0.4, 0.5) is 5.95 Å². The van der Waals surface area contributed by atoms with Crippen LogP contribution in [0.1, 0.15) is 20.3 Å². The monoisotopic (exact) mass is 292 g/mol. The molecule has 2 aromatic heterocycles. The molecule has 0 saturated carbocycles. The number of pyridine rings is 1. The smallest absolute Gasteiger partial charge is 0.224 e. The summed E-state index contributed by atoms with van der Waals surface area (Å²) in [4.78, 5) is 12.8. The minimum Gasteiger partial charge on any atom is -0.469 e. The Morgan fingerprint density at radius 2 is 2.05 bits per heavy atom. The van der Waals surface area contributed by atoms with Gasteiger partial charge in [-0.2, -0.15) is 0 Å². The second-order valence-electron chi connectivity index (χ2n) is 4.80. The average molecular weight is 292 g/mol. The van der Waals surface area contributed by atoms with Gasteiger partial charge in [-0.1, -0.05) is 6.92 Å². The number of nitrogens with zero attached hydrogens (tertiary/aromatic N) is 3. The first-order valence-electron chi connectivity index (χ1n) is 6.94. The van der Waals surface area contributed by atoms with E-state index in [2.05, 4.69) is 34.1 Å². The molecule has 1 unspecified atom stereocenters. The summed E-state index contributed by atoms with van der Waals surface area (Å²) < 4.78 is 5.46. The Bertz CT molecular complexity index is 589. The average Bonchev–Trinajstić information content (AvgIpc) is 2.52. The normalized spacial score (nSPS) is 12.6. The molecular formula is C14H20N4O3. The van der Waals surface area contributed by atoms with Gasteiger partial charge in [-0.3, -0.25) is 0 Å². The van der Waals surface area contributed by atoms with E-state index in [4.69, 9.17) is 14.9 Å². The van der Waals surface area contributed by atoms with Crippen molar-refractivity contribution in [3.05, 3.63) is 18.5 Å². The zero-order valence-corrected chi connectivity index (χ0v) is 12.2. The molecule has 2 rings (SSSR count). The van der Waals surface area contributed by atoms with E-state index in [1.54, 1.807) is 18.5 Å². The topological polar surface area (TPSA) is 100 Å². The van der Waals surface area contributed by atoms with E-state index in [1.807, 2.05) is 0 Å². The number of ether oxygens (including phenoxy) is 1. The van der Waals surface area contributed by atoms with Crippen LogP contribution >= 0.6 is 0 Å². The van der Waals surface area contributed by atoms with Crippen molar-refractivity contribution in [3.63, 3.8) is 0 Å². The Morgan fingerprint density at radius 3 is 2.71 bits per heavy atom. The number of rotatable bonds is 7. The van der Waals surface area contributed by atoms with E-state index in [0.717, 1.165) is 6.42 Å². The Balaban J connectivity index is 2.29. The molecular weight excluding hydrogens is 272 g/mol. The second kappa shape index (κ2) is 7.14. The molecule has 0 bridgehead atoms. The molecule has 0 aromatic carbocycles. The number of hydrogen-bond donors (Lipinski definition) is 3. The zero-order valence-electron chi connectivity index (χ0n) is 12.2. The summed E-state index contributed by atoms with van der Waals surface area (Å²) in [6, 6.07) is 2.05. The minimum absolute atomic E-state index is 0.285. The molecule has 2 heterocycles. The van der Waals surface area contributed by atoms with Gasteiger partial charge >= 0.3 is 0 Å². The Hall–Kier alpha value is -1.99. The summed E-state index contributed by atoms with van der Waals surface area (Å²) in [5.74, 6) is 0.852. The van der Waals surface area contributed by atoms with Crippen molar-refractivity contribution in [2.24, 2.45) is 0 Å². The molecule has 0 aliphatic carbocycles. The van der Waals surface area contributed by atoms with Crippen LogP contribution in [-0.4, -0.2) is 50.5 Å². The molecule has 3 N–H and O–H groups in total. The van der Waals surface area contributed by atoms with E-state index in [-0.39, 0.29) is 19.3 Å². The molecule has 0 amide bonds. The maximum absolute atomic E-state index is 9.08. The van der Waals surface area contributed by atoms with E-state index >= 15 is 0 Å². The Labute approximate surface area is 123 Å². The number of fused-ring (bicyclic) bond motifs is 1. The van der Waals surface area contributed by atoms with E-state index in [9.17, 15) is 0 Å². The van der Waals surface area contributed by atoms with Crippen molar-refractivity contribution in [3.8, 4) is 5.88 Å². The van der Waals surface area contributed by atoms with Crippen LogP contribution in [0.25, 0.3) is 10.9 Å². The van der Waals surface area contributed by atoms with Gasteiger partial charge in [0.2, 0.25) is 11.8 Å². The van der Waals surface area contributed by atoms with Crippen molar-refractivity contribution >= 4 is 16.9 Å². The largest absolute Gasteiger partial charge is 0.469 e. The molecule has 7 heteroatoms. The van der Waals surface area contributed by atoms with Gasteiger partial charge < -0.3 is 20.3 Å². The third-order valence-corrected chi connectivity index (χ3v) is 3.15. The number of hydrogen-bond acceptors (Lipinski definition) is 7. The molecule has 2 aromatic rings. The van der Waals surface area contributed by atoms with Crippen LogP contribution in [0.15, 0.2) is 18.5 Å². The molecule has 7 nitrogen and oxygen atoms in total. The van der Waals surface area contributed by atoms with Crippen LogP contribution in [0.5, 0.6) is 5.88 Å². The summed E-state index contributed by atoms with van der Waals surface area (Å²) in [7, 11) is 0. The minimum atomic E-state index is -0.707. The second-order valence-corrected chi connectivity index (χ2v) is 4.80. The van der Waals surface area contributed by atoms with E-state index < -0.39 is 6.10 Å². The van der Waals surface area contributed by atoms with Crippen LogP contribution in [0.3, 0.4) is 0 Å². The van der Waals surface area contributed by atoms with Gasteiger partial charge in [-0.25, -0.2) is 15.0 Å². The summed E-state index contributed by atoms with van der Waals surface area (Å²) in [6.45, 7) is 3.56. The summed E-state index contributed by atoms with van der Waals surface area (Å²) in [5, 5.41) is 22.0. The fourth-order valence-corrected chi connectivity index (χ4v) is 1.71. The molecule has 21 heavy (non-hydrogen) atoms. The Kier molecular flexibility index (Phi) is 5.24. The fourth-order valence-electron chi connectivity index (χ4n) is 1.71. The molecule has 1 atom stereocenters. The summed E-state index contributed by atoms with van der Waals surface area (Å²) in [5.41, 5.74) is 0.690. The van der Waals surface area contributed by atoms with Gasteiger partial charge in [0, 0.05) is 18.4 Å². The quantitative estimate of drug-likeness (QED) is 0.699. The lowest BCUT2D eigenvalue weighted by molar-refractivity contribution is 0.0608. The molecule has 0 radical (unpaired) electrons. The van der Waals surface area contributed by atoms with Crippen molar-refractivity contribution in [1.29, 1.82) is 0 Å². The van der Waals surface area contributed by atoms with E-state index in [1.165, 1.54) is 0 Å². The van der Waals surface area contributed by atoms with Gasteiger partial charge in [-0.15, -0.1) is 0 Å². The van der Waals surface area contributed by atoms with Crippen molar-refractivity contribution in [2.75, 3.05) is 18.5 Å². The van der Waals surface area contributed by atoms with Gasteiger partial charge in [-0.05, 0) is 19.4 Å². The predicted molar refractivity (Wildman–Crippen MR) is 79.3 cm³/mol. The summed E-state index contributed by atoms with van der Waals surface area (Å²) in [6.07, 6.45) is 3.46. The fraction of sp³-hybridized carbons (Fsp3) is 0.500. The highest BCUT2D eigenvalue weighted by molar-refractivity contribution is 5.83. The van der Waals surface area contributed by atoms with Gasteiger partial charge in [0.25, 0.3) is 0 Å². The molecule has 0 spiro atoms. The first-order chi connectivity index (χ1) is 10.2. The van der Waals surface area contributed by atoms with Crippen molar-refractivity contribution in [1.82, 2.24) is 15.0 Å². The number of aromatic nitrogens is 3. The third kappa shape index (κ3) is 3.77. The standard InChI is InChI=1S/C14H20N4O3/c1-3-9(2)17-14-16-6-11-12(18-14)4-5-15-13(11)21-10(7-19)8-20/h4-6,9-10,19-20H,3,7-8H2,1-2H3,(H,16,17,18). The van der Waals surface area contributed by atoms with Crippen molar-refractivity contribution < 1.29 is 14.9 Å². The summed E-state index contributed by atoms with van der Waals surface area (Å²) >= 11 is 0. The lowest BCUT2D eigenvalue weighted by atomic mass is 10.2. The third-order valence-electron chi connectivity index (χ3n) is 3.15. The maximum atomic E-state index is 9.08. The van der Waals surface area contributed by atoms with E-state index in [0.29, 0.717) is 22.7 Å². The lowest BCUT2D eigenvalue weighted by Gasteiger charge is -2.15. The molecule has 0 aliphatic heterocycles. The Morgan fingerprint density at radius 1 is 1.29 bits per heavy atom. The highest BCUT2D eigenvalue weighted by Gasteiger charge is 2.13. The van der Waals surface area contributed by atoms with Gasteiger partial charge in [0.1, 0.15) is 6.10 Å². The number of nitrogens with one attached hydrogen (secondary N) is 1. The number of aliphatic hydroxyl groups excluding tert-OH is 2. The number of anilines is 1. The van der Waals surface area contributed by atoms with Crippen molar-refractivity contribution in [2.45, 2.75) is 32.4 Å². The highest BCUT2D eigenvalue weighted by Crippen LogP contribution is 2.22. The van der Waals surface area contributed by atoms with Gasteiger partial charge in [0.15, 0.2) is 0 Å². The zero-order chi connectivity index (χ0) is 15.2. The number of aliphatic hydroxyl groups is 2. The SMILES string of the molecule is CCC(C)Nc1ncc2c(OC(CO)CO)nccc2n1. The molecule has 114 valence electrons. The predicted octanol–water partition coefficient (Wildman–Crippen LogP) is 0.967. The van der Waals surface area contributed by atoms with Gasteiger partial charge in [0.05, 0.1) is 24.1 Å². The van der Waals surface area contributed by atoms with Crippen LogP contribution in [0.2, 0.25) is 0 Å². The first kappa shape index (κ1) is 15.4. The van der Waals surface area contributed by atoms with Crippen LogP contribution in [-0.2, 0) is 0 Å². The lowest BCUT2D eigenvalue weighted by Crippen LogP contribution is -2.25.